The lowest BCUT2D eigenvalue weighted by atomic mass is 10.1. The van der Waals surface area contributed by atoms with E-state index in [4.69, 9.17) is 0 Å². The van der Waals surface area contributed by atoms with Crippen LogP contribution in [0.3, 0.4) is 0 Å². The number of nitro benzene ring substituents is 1. The molecule has 2 N–H and O–H groups in total. The van der Waals surface area contributed by atoms with Crippen LogP contribution in [-0.2, 0) is 0 Å². The fraction of sp³-hybridized carbons (Fsp3) is 0.143. The highest BCUT2D eigenvalue weighted by Gasteiger charge is 2.17. The molecule has 0 saturated heterocycles. The third-order valence-corrected chi connectivity index (χ3v) is 2.86. The van der Waals surface area contributed by atoms with Crippen LogP contribution >= 0.6 is 0 Å². The maximum Gasteiger partial charge on any atom is 0.293 e. The Morgan fingerprint density at radius 3 is 2.67 bits per heavy atom. The number of nitrogens with one attached hydrogen (secondary N) is 2. The van der Waals surface area contributed by atoms with Crippen LogP contribution in [0.2, 0.25) is 0 Å². The molecule has 7 heteroatoms. The molecular weight excluding hydrogens is 272 g/mol. The molecule has 1 amide bonds. The zero-order valence-corrected chi connectivity index (χ0v) is 11.6. The quantitative estimate of drug-likeness (QED) is 0.665. The minimum atomic E-state index is -0.534. The maximum atomic E-state index is 12.1. The van der Waals surface area contributed by atoms with E-state index in [0.717, 1.165) is 5.69 Å². The molecule has 0 aliphatic carbocycles. The number of rotatable bonds is 4. The Kier molecular flexibility index (Phi) is 4.13. The fourth-order valence-electron chi connectivity index (χ4n) is 1.84. The molecule has 1 aromatic carbocycles. The standard InChI is InChI=1S/C14H14N4O3/c1-9-4-3-5-13(16-9)17-14(19)10-6-7-11(15-2)12(8-10)18(20)21/h3-8,15H,1-2H3,(H,16,17,19). The van der Waals surface area contributed by atoms with Crippen molar-refractivity contribution in [2.75, 3.05) is 17.7 Å². The first-order valence-corrected chi connectivity index (χ1v) is 6.22. The van der Waals surface area contributed by atoms with Gasteiger partial charge in [0.15, 0.2) is 0 Å². The van der Waals surface area contributed by atoms with Crippen LogP contribution in [0.25, 0.3) is 0 Å². The number of nitrogens with zero attached hydrogens (tertiary/aromatic N) is 2. The highest BCUT2D eigenvalue weighted by molar-refractivity contribution is 6.04. The number of hydrogen-bond acceptors (Lipinski definition) is 5. The first-order chi connectivity index (χ1) is 10.0. The van der Waals surface area contributed by atoms with E-state index in [-0.39, 0.29) is 11.3 Å². The zero-order chi connectivity index (χ0) is 15.4. The molecule has 21 heavy (non-hydrogen) atoms. The number of carbonyl (C=O) groups is 1. The van der Waals surface area contributed by atoms with Gasteiger partial charge in [-0.05, 0) is 31.2 Å². The van der Waals surface area contributed by atoms with Gasteiger partial charge in [-0.15, -0.1) is 0 Å². The molecule has 0 saturated carbocycles. The van der Waals surface area contributed by atoms with E-state index in [0.29, 0.717) is 11.5 Å². The molecule has 0 radical (unpaired) electrons. The Morgan fingerprint density at radius 2 is 2.05 bits per heavy atom. The lowest BCUT2D eigenvalue weighted by Gasteiger charge is -2.07. The molecule has 0 bridgehead atoms. The predicted molar refractivity (Wildman–Crippen MR) is 79.6 cm³/mol. The first kappa shape index (κ1) is 14.4. The van der Waals surface area contributed by atoms with Crippen LogP contribution in [0, 0.1) is 17.0 Å². The van der Waals surface area contributed by atoms with E-state index in [9.17, 15) is 14.9 Å². The largest absolute Gasteiger partial charge is 0.383 e. The summed E-state index contributed by atoms with van der Waals surface area (Å²) in [4.78, 5) is 26.7. The highest BCUT2D eigenvalue weighted by atomic mass is 16.6. The summed E-state index contributed by atoms with van der Waals surface area (Å²) in [5.41, 5.74) is 1.17. The number of hydrogen-bond donors (Lipinski definition) is 2. The van der Waals surface area contributed by atoms with E-state index in [2.05, 4.69) is 15.6 Å². The summed E-state index contributed by atoms with van der Waals surface area (Å²) in [5, 5.41) is 16.3. The number of pyridine rings is 1. The number of aryl methyl sites for hydroxylation is 1. The number of anilines is 2. The number of nitro groups is 1. The minimum absolute atomic E-state index is 0.151. The number of amides is 1. The van der Waals surface area contributed by atoms with Gasteiger partial charge in [0.2, 0.25) is 0 Å². The van der Waals surface area contributed by atoms with Crippen LogP contribution in [0.4, 0.5) is 17.2 Å². The van der Waals surface area contributed by atoms with Crippen LogP contribution in [0.1, 0.15) is 16.1 Å². The van der Waals surface area contributed by atoms with Gasteiger partial charge in [0.25, 0.3) is 11.6 Å². The molecule has 108 valence electrons. The van der Waals surface area contributed by atoms with E-state index in [1.54, 1.807) is 19.2 Å². The molecule has 2 rings (SSSR count). The molecule has 0 fully saturated rings. The maximum absolute atomic E-state index is 12.1. The Morgan fingerprint density at radius 1 is 1.29 bits per heavy atom. The molecule has 7 nitrogen and oxygen atoms in total. The van der Waals surface area contributed by atoms with Gasteiger partial charge >= 0.3 is 0 Å². The van der Waals surface area contributed by atoms with E-state index in [1.165, 1.54) is 18.2 Å². The molecule has 2 aromatic rings. The molecule has 0 atom stereocenters. The SMILES string of the molecule is CNc1ccc(C(=O)Nc2cccc(C)n2)cc1[N+](=O)[O-]. The molecular formula is C14H14N4O3. The normalized spacial score (nSPS) is 10.0. The Bertz CT molecular complexity index is 700. The second-order valence-corrected chi connectivity index (χ2v) is 4.36. The average Bonchev–Trinajstić information content (AvgIpc) is 2.46. The van der Waals surface area contributed by atoms with Crippen molar-refractivity contribution in [1.82, 2.24) is 4.98 Å². The molecule has 0 aliphatic heterocycles. The van der Waals surface area contributed by atoms with Crippen LogP contribution in [0.15, 0.2) is 36.4 Å². The summed E-state index contributed by atoms with van der Waals surface area (Å²) >= 11 is 0. The van der Waals surface area contributed by atoms with Crippen molar-refractivity contribution in [2.24, 2.45) is 0 Å². The van der Waals surface area contributed by atoms with Gasteiger partial charge < -0.3 is 10.6 Å². The zero-order valence-electron chi connectivity index (χ0n) is 11.6. The third kappa shape index (κ3) is 3.33. The molecule has 0 spiro atoms. The molecule has 0 aliphatic rings. The summed E-state index contributed by atoms with van der Waals surface area (Å²) in [5.74, 6) is -0.0424. The fourth-order valence-corrected chi connectivity index (χ4v) is 1.84. The van der Waals surface area contributed by atoms with E-state index >= 15 is 0 Å². The first-order valence-electron chi connectivity index (χ1n) is 6.22. The Balaban J connectivity index is 2.27. The van der Waals surface area contributed by atoms with Crippen molar-refractivity contribution in [2.45, 2.75) is 6.92 Å². The van der Waals surface area contributed by atoms with Gasteiger partial charge in [-0.3, -0.25) is 14.9 Å². The summed E-state index contributed by atoms with van der Waals surface area (Å²) in [6.07, 6.45) is 0. The second kappa shape index (κ2) is 6.00. The van der Waals surface area contributed by atoms with Gasteiger partial charge in [-0.25, -0.2) is 4.98 Å². The molecule has 1 heterocycles. The van der Waals surface area contributed by atoms with Crippen molar-refractivity contribution in [3.8, 4) is 0 Å². The lowest BCUT2D eigenvalue weighted by Crippen LogP contribution is -2.13. The van der Waals surface area contributed by atoms with Crippen LogP contribution < -0.4 is 10.6 Å². The van der Waals surface area contributed by atoms with E-state index in [1.807, 2.05) is 13.0 Å². The molecule has 1 aromatic heterocycles. The van der Waals surface area contributed by atoms with Crippen molar-refractivity contribution in [3.63, 3.8) is 0 Å². The van der Waals surface area contributed by atoms with E-state index < -0.39 is 10.8 Å². The number of aromatic nitrogens is 1. The monoisotopic (exact) mass is 286 g/mol. The Labute approximate surface area is 121 Å². The van der Waals surface area contributed by atoms with Gasteiger partial charge in [0, 0.05) is 24.4 Å². The van der Waals surface area contributed by atoms with Crippen molar-refractivity contribution < 1.29 is 9.72 Å². The van der Waals surface area contributed by atoms with Gasteiger partial charge in [-0.2, -0.15) is 0 Å². The topological polar surface area (TPSA) is 97.2 Å². The second-order valence-electron chi connectivity index (χ2n) is 4.36. The van der Waals surface area contributed by atoms with Gasteiger partial charge in [-0.1, -0.05) is 6.07 Å². The smallest absolute Gasteiger partial charge is 0.293 e. The summed E-state index contributed by atoms with van der Waals surface area (Å²) < 4.78 is 0. The van der Waals surface area contributed by atoms with Gasteiger partial charge in [0.05, 0.1) is 4.92 Å². The summed E-state index contributed by atoms with van der Waals surface area (Å²) in [7, 11) is 1.58. The predicted octanol–water partition coefficient (Wildman–Crippen LogP) is 2.59. The minimum Gasteiger partial charge on any atom is -0.383 e. The van der Waals surface area contributed by atoms with Crippen molar-refractivity contribution in [3.05, 3.63) is 57.8 Å². The lowest BCUT2D eigenvalue weighted by molar-refractivity contribution is -0.384. The van der Waals surface area contributed by atoms with Crippen molar-refractivity contribution >= 4 is 23.1 Å². The van der Waals surface area contributed by atoms with Crippen LogP contribution in [0.5, 0.6) is 0 Å². The Hall–Kier alpha value is -2.96. The average molecular weight is 286 g/mol. The van der Waals surface area contributed by atoms with Crippen LogP contribution in [-0.4, -0.2) is 22.9 Å². The van der Waals surface area contributed by atoms with Gasteiger partial charge in [0.1, 0.15) is 11.5 Å². The molecule has 0 unspecified atom stereocenters. The number of carbonyl (C=O) groups excluding carboxylic acids is 1. The summed E-state index contributed by atoms with van der Waals surface area (Å²) in [6, 6.07) is 9.48. The highest BCUT2D eigenvalue weighted by Crippen LogP contribution is 2.25. The third-order valence-electron chi connectivity index (χ3n) is 2.86. The summed E-state index contributed by atoms with van der Waals surface area (Å²) in [6.45, 7) is 1.81. The number of benzene rings is 1. The van der Waals surface area contributed by atoms with Crippen molar-refractivity contribution in [1.29, 1.82) is 0 Å².